The lowest BCUT2D eigenvalue weighted by Crippen LogP contribution is -2.56. The Bertz CT molecular complexity index is 407. The minimum Gasteiger partial charge on any atom is -0.272 e. The van der Waals surface area contributed by atoms with E-state index in [0.29, 0.717) is 0 Å². The van der Waals surface area contributed by atoms with Crippen LogP contribution in [0.2, 0.25) is 0 Å². The lowest BCUT2D eigenvalue weighted by molar-refractivity contribution is -0.659. The topological polar surface area (TPSA) is 56.4 Å². The zero-order valence-electron chi connectivity index (χ0n) is 8.87. The molecule has 0 aliphatic carbocycles. The molecule has 0 aromatic carbocycles. The van der Waals surface area contributed by atoms with Crippen LogP contribution < -0.4 is 10.3 Å². The highest BCUT2D eigenvalue weighted by molar-refractivity contribution is 6.84. The summed E-state index contributed by atoms with van der Waals surface area (Å²) in [6, 6.07) is 0. The average molecular weight is 187 g/mol. The van der Waals surface area contributed by atoms with Gasteiger partial charge in [-0.2, -0.15) is 11.9 Å². The van der Waals surface area contributed by atoms with Gasteiger partial charge < -0.3 is 0 Å². The van der Waals surface area contributed by atoms with Crippen molar-refractivity contribution in [1.82, 2.24) is 4.57 Å². The van der Waals surface area contributed by atoms with Crippen LogP contribution in [0, 0.1) is 36.3 Å². The molecule has 0 atom stereocenters. The maximum atomic E-state index is 8.83. The van der Waals surface area contributed by atoms with Gasteiger partial charge in [-0.25, -0.2) is 0 Å². The van der Waals surface area contributed by atoms with E-state index in [9.17, 15) is 0 Å². The van der Waals surface area contributed by atoms with Gasteiger partial charge in [0, 0.05) is 13.8 Å². The molecule has 0 aliphatic heterocycles. The molecule has 0 bridgehead atoms. The van der Waals surface area contributed by atoms with Crippen LogP contribution in [-0.2, 0) is 14.1 Å². The SMILES string of the molecule is Cc1c(C)[n+](C)c([B-](C#N)C#N)n1C. The highest BCUT2D eigenvalue weighted by Gasteiger charge is 2.20. The van der Waals surface area contributed by atoms with Crippen molar-refractivity contribution in [2.24, 2.45) is 14.1 Å². The second kappa shape index (κ2) is 3.55. The first-order chi connectivity index (χ1) is 6.54. The Morgan fingerprint density at radius 2 is 1.79 bits per heavy atom. The monoisotopic (exact) mass is 187 g/mol. The van der Waals surface area contributed by atoms with Crippen molar-refractivity contribution in [3.05, 3.63) is 11.4 Å². The molecule has 1 heterocycles. The molecule has 71 valence electrons. The normalized spacial score (nSPS) is 9.93. The molecule has 0 unspecified atom stereocenters. The van der Waals surface area contributed by atoms with Gasteiger partial charge in [-0.05, 0) is 0 Å². The summed E-state index contributed by atoms with van der Waals surface area (Å²) in [5.41, 5.74) is 2.90. The molecule has 5 heteroatoms. The van der Waals surface area contributed by atoms with Gasteiger partial charge in [0.2, 0.25) is 6.71 Å². The Balaban J connectivity index is 3.45. The molecule has 0 amide bonds. The summed E-state index contributed by atoms with van der Waals surface area (Å²) in [6.45, 7) is 3.26. The van der Waals surface area contributed by atoms with Crippen LogP contribution in [0.3, 0.4) is 0 Å². The summed E-state index contributed by atoms with van der Waals surface area (Å²) in [7, 11) is 3.75. The zero-order valence-corrected chi connectivity index (χ0v) is 8.87. The molecular weight excluding hydrogens is 175 g/mol. The number of hydrogen-bond donors (Lipinski definition) is 0. The molecule has 1 aromatic rings. The average Bonchev–Trinajstić information content (AvgIpc) is 2.37. The quantitative estimate of drug-likeness (QED) is 0.431. The summed E-state index contributed by atoms with van der Waals surface area (Å²) >= 11 is 0. The highest BCUT2D eigenvalue weighted by Crippen LogP contribution is 1.98. The first kappa shape index (κ1) is 10.3. The Morgan fingerprint density at radius 3 is 2.07 bits per heavy atom. The van der Waals surface area contributed by atoms with Gasteiger partial charge in [0.15, 0.2) is 0 Å². The largest absolute Gasteiger partial charge is 0.272 e. The van der Waals surface area contributed by atoms with Crippen LogP contribution in [-0.4, -0.2) is 11.3 Å². The van der Waals surface area contributed by atoms with E-state index in [1.807, 2.05) is 49.0 Å². The van der Waals surface area contributed by atoms with E-state index < -0.39 is 6.71 Å². The molecule has 0 N–H and O–H groups in total. The van der Waals surface area contributed by atoms with Crippen LogP contribution in [0.1, 0.15) is 11.4 Å². The minimum atomic E-state index is -0.697. The summed E-state index contributed by atoms with van der Waals surface area (Å²) in [6.07, 6.45) is 0. The number of nitrogens with zero attached hydrogens (tertiary/aromatic N) is 4. The second-order valence-corrected chi connectivity index (χ2v) is 3.34. The second-order valence-electron chi connectivity index (χ2n) is 3.34. The Hall–Kier alpha value is -1.75. The minimum absolute atomic E-state index is 0.697. The molecule has 0 saturated carbocycles. The molecule has 1 aromatic heterocycles. The van der Waals surface area contributed by atoms with Crippen molar-refractivity contribution >= 4 is 12.4 Å². The van der Waals surface area contributed by atoms with E-state index in [2.05, 4.69) is 0 Å². The van der Waals surface area contributed by atoms with E-state index in [1.165, 1.54) is 0 Å². The third-order valence-corrected chi connectivity index (χ3v) is 2.73. The third kappa shape index (κ3) is 1.27. The van der Waals surface area contributed by atoms with Gasteiger partial charge >= 0.3 is 0 Å². The summed E-state index contributed by atoms with van der Waals surface area (Å²) in [5.74, 6) is 3.97. The Kier molecular flexibility index (Phi) is 2.62. The van der Waals surface area contributed by atoms with Crippen molar-refractivity contribution in [2.75, 3.05) is 0 Å². The fourth-order valence-electron chi connectivity index (χ4n) is 1.59. The van der Waals surface area contributed by atoms with E-state index in [0.717, 1.165) is 17.1 Å². The van der Waals surface area contributed by atoms with Gasteiger partial charge in [0.1, 0.15) is 11.4 Å². The van der Waals surface area contributed by atoms with Gasteiger partial charge in [0.25, 0.3) is 0 Å². The van der Waals surface area contributed by atoms with Crippen LogP contribution in [0.5, 0.6) is 0 Å². The van der Waals surface area contributed by atoms with Crippen LogP contribution >= 0.6 is 0 Å². The molecule has 4 nitrogen and oxygen atoms in total. The maximum Gasteiger partial charge on any atom is 0.235 e. The summed E-state index contributed by atoms with van der Waals surface area (Å²) < 4.78 is 3.79. The molecule has 0 fully saturated rings. The predicted molar refractivity (Wildman–Crippen MR) is 52.7 cm³/mol. The smallest absolute Gasteiger partial charge is 0.235 e. The van der Waals surface area contributed by atoms with Crippen molar-refractivity contribution in [3.8, 4) is 11.9 Å². The molecule has 0 saturated heterocycles. The van der Waals surface area contributed by atoms with Crippen molar-refractivity contribution in [3.63, 3.8) is 0 Å². The van der Waals surface area contributed by atoms with Crippen molar-refractivity contribution in [2.45, 2.75) is 13.8 Å². The molecule has 1 rings (SSSR count). The van der Waals surface area contributed by atoms with Crippen LogP contribution in [0.25, 0.3) is 0 Å². The predicted octanol–water partition coefficient (Wildman–Crippen LogP) is -0.706. The molecule has 14 heavy (non-hydrogen) atoms. The highest BCUT2D eigenvalue weighted by atomic mass is 15.1. The number of rotatable bonds is 1. The number of imidazole rings is 1. The first-order valence-corrected chi connectivity index (χ1v) is 4.35. The van der Waals surface area contributed by atoms with Crippen molar-refractivity contribution in [1.29, 1.82) is 10.5 Å². The van der Waals surface area contributed by atoms with Gasteiger partial charge in [-0.15, -0.1) is 0 Å². The van der Waals surface area contributed by atoms with E-state index in [-0.39, 0.29) is 0 Å². The summed E-state index contributed by atoms with van der Waals surface area (Å²) in [4.78, 5) is 0. The van der Waals surface area contributed by atoms with Gasteiger partial charge in [-0.1, -0.05) is 0 Å². The van der Waals surface area contributed by atoms with E-state index >= 15 is 0 Å². The standard InChI is InChI=1S/C9H12BN4/c1-7-8(2)14(4)9(13(7)3)10(5-11)6-12/h1-4H3. The van der Waals surface area contributed by atoms with Crippen LogP contribution in [0.15, 0.2) is 0 Å². The fourth-order valence-corrected chi connectivity index (χ4v) is 1.59. The molecular formula is C9H12BN4. The van der Waals surface area contributed by atoms with Crippen LogP contribution in [0.4, 0.5) is 0 Å². The Morgan fingerprint density at radius 1 is 1.29 bits per heavy atom. The maximum absolute atomic E-state index is 8.83. The van der Waals surface area contributed by atoms with E-state index in [1.54, 1.807) is 0 Å². The van der Waals surface area contributed by atoms with Crippen molar-refractivity contribution < 1.29 is 4.57 Å². The van der Waals surface area contributed by atoms with E-state index in [4.69, 9.17) is 10.5 Å². The number of hydrogen-bond acceptors (Lipinski definition) is 2. The summed E-state index contributed by atoms with van der Waals surface area (Å²) in [5, 5.41) is 17.7. The lowest BCUT2D eigenvalue weighted by Gasteiger charge is -2.06. The first-order valence-electron chi connectivity index (χ1n) is 4.35. The molecule has 0 aliphatic rings. The molecule has 0 spiro atoms. The fraction of sp³-hybridized carbons (Fsp3) is 0.444. The number of nitriles is 2. The number of aromatic nitrogens is 2. The zero-order chi connectivity index (χ0) is 10.9. The van der Waals surface area contributed by atoms with Gasteiger partial charge in [0.05, 0.1) is 19.8 Å². The lowest BCUT2D eigenvalue weighted by atomic mass is 9.52. The Labute approximate surface area is 84.1 Å². The third-order valence-electron chi connectivity index (χ3n) is 2.73. The van der Waals surface area contributed by atoms with Gasteiger partial charge in [-0.3, -0.25) is 19.7 Å². The molecule has 1 radical (unpaired) electrons.